The van der Waals surface area contributed by atoms with Gasteiger partial charge in [-0.3, -0.25) is 0 Å². The first-order valence-electron chi connectivity index (χ1n) is 5.40. The number of aryl methyl sites for hydroxylation is 2. The van der Waals surface area contributed by atoms with Crippen molar-refractivity contribution in [1.82, 2.24) is 4.90 Å². The monoisotopic (exact) mass is 221 g/mol. The van der Waals surface area contributed by atoms with Gasteiger partial charge in [-0.1, -0.05) is 18.2 Å². The van der Waals surface area contributed by atoms with E-state index in [-0.39, 0.29) is 6.09 Å². The summed E-state index contributed by atoms with van der Waals surface area (Å²) in [7, 11) is 3.14. The van der Waals surface area contributed by atoms with E-state index in [0.717, 1.165) is 6.42 Å². The first-order chi connectivity index (χ1) is 7.54. The lowest BCUT2D eigenvalue weighted by molar-refractivity contribution is 0.134. The van der Waals surface area contributed by atoms with Crippen molar-refractivity contribution in [3.05, 3.63) is 34.9 Å². The second-order valence-corrected chi connectivity index (χ2v) is 4.06. The van der Waals surface area contributed by atoms with Gasteiger partial charge in [0.25, 0.3) is 0 Å². The molecule has 3 heteroatoms. The van der Waals surface area contributed by atoms with Crippen molar-refractivity contribution in [3.63, 3.8) is 0 Å². The normalized spacial score (nSPS) is 10.0. The smallest absolute Gasteiger partial charge is 0.409 e. The van der Waals surface area contributed by atoms with Crippen LogP contribution in [0.4, 0.5) is 4.79 Å². The molecular formula is C13H19NO2. The molecule has 0 atom stereocenters. The molecule has 0 spiro atoms. The maximum absolute atomic E-state index is 11.2. The first-order valence-corrected chi connectivity index (χ1v) is 5.40. The summed E-state index contributed by atoms with van der Waals surface area (Å²) in [6, 6.07) is 6.39. The van der Waals surface area contributed by atoms with E-state index in [0.29, 0.717) is 6.54 Å². The summed E-state index contributed by atoms with van der Waals surface area (Å²) >= 11 is 0. The standard InChI is InChI=1S/C13H19NO2/c1-10-5-6-12(9-11(10)2)7-8-14(3)13(15)16-4/h5-6,9H,7-8H2,1-4H3. The van der Waals surface area contributed by atoms with Crippen molar-refractivity contribution < 1.29 is 9.53 Å². The van der Waals surface area contributed by atoms with Crippen LogP contribution < -0.4 is 0 Å². The maximum atomic E-state index is 11.2. The highest BCUT2D eigenvalue weighted by molar-refractivity contribution is 5.66. The highest BCUT2D eigenvalue weighted by Gasteiger charge is 2.07. The highest BCUT2D eigenvalue weighted by atomic mass is 16.5. The molecule has 16 heavy (non-hydrogen) atoms. The van der Waals surface area contributed by atoms with E-state index in [4.69, 9.17) is 0 Å². The Balaban J connectivity index is 2.55. The molecule has 0 aliphatic rings. The highest BCUT2D eigenvalue weighted by Crippen LogP contribution is 2.10. The van der Waals surface area contributed by atoms with Gasteiger partial charge in [-0.05, 0) is 37.0 Å². The van der Waals surface area contributed by atoms with Gasteiger partial charge in [0.05, 0.1) is 7.11 Å². The van der Waals surface area contributed by atoms with E-state index in [2.05, 4.69) is 36.8 Å². The average molecular weight is 221 g/mol. The Kier molecular flexibility index (Phi) is 4.35. The number of carbonyl (C=O) groups excluding carboxylic acids is 1. The van der Waals surface area contributed by atoms with Crippen LogP contribution in [0.1, 0.15) is 16.7 Å². The number of amides is 1. The minimum Gasteiger partial charge on any atom is -0.453 e. The van der Waals surface area contributed by atoms with Gasteiger partial charge in [-0.2, -0.15) is 0 Å². The second kappa shape index (κ2) is 5.54. The van der Waals surface area contributed by atoms with Crippen LogP contribution in [-0.2, 0) is 11.2 Å². The lowest BCUT2D eigenvalue weighted by Gasteiger charge is -2.15. The summed E-state index contributed by atoms with van der Waals surface area (Å²) in [5.41, 5.74) is 3.84. The second-order valence-electron chi connectivity index (χ2n) is 4.06. The van der Waals surface area contributed by atoms with Gasteiger partial charge in [0.2, 0.25) is 0 Å². The molecule has 0 radical (unpaired) electrons. The number of hydrogen-bond donors (Lipinski definition) is 0. The van der Waals surface area contributed by atoms with Gasteiger partial charge < -0.3 is 9.64 Å². The number of rotatable bonds is 3. The number of hydrogen-bond acceptors (Lipinski definition) is 2. The number of carbonyl (C=O) groups is 1. The predicted octanol–water partition coefficient (Wildman–Crippen LogP) is 2.54. The van der Waals surface area contributed by atoms with E-state index < -0.39 is 0 Å². The molecule has 0 aromatic heterocycles. The summed E-state index contributed by atoms with van der Waals surface area (Å²) in [5.74, 6) is 0. The molecule has 0 aliphatic carbocycles. The van der Waals surface area contributed by atoms with E-state index in [1.54, 1.807) is 11.9 Å². The van der Waals surface area contributed by atoms with E-state index >= 15 is 0 Å². The topological polar surface area (TPSA) is 29.5 Å². The summed E-state index contributed by atoms with van der Waals surface area (Å²) in [4.78, 5) is 12.7. The third-order valence-corrected chi connectivity index (χ3v) is 2.79. The Morgan fingerprint density at radius 3 is 2.56 bits per heavy atom. The summed E-state index contributed by atoms with van der Waals surface area (Å²) in [5, 5.41) is 0. The Hall–Kier alpha value is -1.51. The van der Waals surface area contributed by atoms with Crippen molar-refractivity contribution in [1.29, 1.82) is 0 Å². The van der Waals surface area contributed by atoms with Gasteiger partial charge in [0.15, 0.2) is 0 Å². The molecule has 0 N–H and O–H groups in total. The van der Waals surface area contributed by atoms with Crippen LogP contribution in [0.3, 0.4) is 0 Å². The van der Waals surface area contributed by atoms with Crippen LogP contribution >= 0.6 is 0 Å². The van der Waals surface area contributed by atoms with Crippen molar-refractivity contribution in [2.24, 2.45) is 0 Å². The van der Waals surface area contributed by atoms with Crippen LogP contribution in [0.2, 0.25) is 0 Å². The van der Waals surface area contributed by atoms with Crippen molar-refractivity contribution in [2.75, 3.05) is 20.7 Å². The van der Waals surface area contributed by atoms with E-state index in [1.165, 1.54) is 23.8 Å². The molecule has 0 saturated heterocycles. The third kappa shape index (κ3) is 3.26. The average Bonchev–Trinajstić information content (AvgIpc) is 2.29. The molecule has 3 nitrogen and oxygen atoms in total. The number of methoxy groups -OCH3 is 1. The quantitative estimate of drug-likeness (QED) is 0.785. The Labute approximate surface area is 97.0 Å². The molecule has 88 valence electrons. The molecule has 0 saturated carbocycles. The fourth-order valence-electron chi connectivity index (χ4n) is 1.50. The molecule has 1 aromatic rings. The summed E-state index contributed by atoms with van der Waals surface area (Å²) in [6.07, 6.45) is 0.566. The van der Waals surface area contributed by atoms with Gasteiger partial charge in [0, 0.05) is 13.6 Å². The first kappa shape index (κ1) is 12.6. The van der Waals surface area contributed by atoms with Crippen molar-refractivity contribution >= 4 is 6.09 Å². The molecule has 0 unspecified atom stereocenters. The molecular weight excluding hydrogens is 202 g/mol. The number of likely N-dealkylation sites (N-methyl/N-ethyl adjacent to an activating group) is 1. The fraction of sp³-hybridized carbons (Fsp3) is 0.462. The Bertz CT molecular complexity index is 374. The predicted molar refractivity (Wildman–Crippen MR) is 64.7 cm³/mol. The summed E-state index contributed by atoms with van der Waals surface area (Å²) < 4.78 is 4.63. The fourth-order valence-corrected chi connectivity index (χ4v) is 1.50. The summed E-state index contributed by atoms with van der Waals surface area (Å²) in [6.45, 7) is 4.87. The van der Waals surface area contributed by atoms with Crippen LogP contribution in [0.5, 0.6) is 0 Å². The Morgan fingerprint density at radius 1 is 1.31 bits per heavy atom. The van der Waals surface area contributed by atoms with Gasteiger partial charge in [0.1, 0.15) is 0 Å². The van der Waals surface area contributed by atoms with Gasteiger partial charge >= 0.3 is 6.09 Å². The van der Waals surface area contributed by atoms with E-state index in [9.17, 15) is 4.79 Å². The molecule has 0 bridgehead atoms. The van der Waals surface area contributed by atoms with Crippen LogP contribution in [0.15, 0.2) is 18.2 Å². The lowest BCUT2D eigenvalue weighted by Crippen LogP contribution is -2.28. The lowest BCUT2D eigenvalue weighted by atomic mass is 10.0. The molecule has 1 aromatic carbocycles. The zero-order valence-electron chi connectivity index (χ0n) is 10.4. The van der Waals surface area contributed by atoms with Crippen LogP contribution in [-0.4, -0.2) is 31.7 Å². The molecule has 0 heterocycles. The Morgan fingerprint density at radius 2 is 2.00 bits per heavy atom. The van der Waals surface area contributed by atoms with Crippen molar-refractivity contribution in [2.45, 2.75) is 20.3 Å². The number of ether oxygens (including phenoxy) is 1. The number of nitrogens with zero attached hydrogens (tertiary/aromatic N) is 1. The molecule has 1 amide bonds. The van der Waals surface area contributed by atoms with Gasteiger partial charge in [-0.15, -0.1) is 0 Å². The van der Waals surface area contributed by atoms with Crippen LogP contribution in [0.25, 0.3) is 0 Å². The van der Waals surface area contributed by atoms with Crippen LogP contribution in [0, 0.1) is 13.8 Å². The minimum atomic E-state index is -0.288. The SMILES string of the molecule is COC(=O)N(C)CCc1ccc(C)c(C)c1. The maximum Gasteiger partial charge on any atom is 0.409 e. The third-order valence-electron chi connectivity index (χ3n) is 2.79. The zero-order chi connectivity index (χ0) is 12.1. The molecule has 0 aliphatic heterocycles. The largest absolute Gasteiger partial charge is 0.453 e. The van der Waals surface area contributed by atoms with Crippen molar-refractivity contribution in [3.8, 4) is 0 Å². The molecule has 1 rings (SSSR count). The van der Waals surface area contributed by atoms with E-state index in [1.807, 2.05) is 0 Å². The number of benzene rings is 1. The zero-order valence-corrected chi connectivity index (χ0v) is 10.4. The molecule has 0 fully saturated rings. The van der Waals surface area contributed by atoms with Gasteiger partial charge in [-0.25, -0.2) is 4.79 Å². The minimum absolute atomic E-state index is 0.288.